The molecule has 0 aliphatic carbocycles. The van der Waals surface area contributed by atoms with E-state index in [0.717, 1.165) is 17.8 Å². The molecule has 2 aromatic heterocycles. The highest BCUT2D eigenvalue weighted by Gasteiger charge is 2.12. The number of carbonyl (C=O) groups is 1. The van der Waals surface area contributed by atoms with Crippen molar-refractivity contribution in [1.82, 2.24) is 24.9 Å². The van der Waals surface area contributed by atoms with Crippen molar-refractivity contribution < 1.29 is 4.79 Å². The molecular formula is C17H19N5OS. The second kappa shape index (κ2) is 7.44. The molecule has 0 saturated heterocycles. The first-order valence-corrected chi connectivity index (χ1v) is 8.75. The van der Waals surface area contributed by atoms with Crippen molar-refractivity contribution in [3.63, 3.8) is 0 Å². The number of hydrogen-bond acceptors (Lipinski definition) is 5. The average molecular weight is 341 g/mol. The third-order valence-corrected chi connectivity index (χ3v) is 4.50. The van der Waals surface area contributed by atoms with Crippen molar-refractivity contribution in [1.29, 1.82) is 0 Å². The molecule has 6 nitrogen and oxygen atoms in total. The van der Waals surface area contributed by atoms with Crippen molar-refractivity contribution >= 4 is 23.4 Å². The van der Waals surface area contributed by atoms with E-state index in [1.807, 2.05) is 42.5 Å². The highest BCUT2D eigenvalue weighted by atomic mass is 32.2. The maximum Gasteiger partial charge on any atom is 0.256 e. The Morgan fingerprint density at radius 1 is 1.21 bits per heavy atom. The summed E-state index contributed by atoms with van der Waals surface area (Å²) in [6.45, 7) is 4.54. The lowest BCUT2D eigenvalue weighted by molar-refractivity contribution is -0.118. The van der Waals surface area contributed by atoms with E-state index in [4.69, 9.17) is 0 Å². The normalized spacial score (nSPS) is 10.9. The third-order valence-electron chi connectivity index (χ3n) is 3.57. The van der Waals surface area contributed by atoms with Crippen LogP contribution in [0, 0.1) is 13.8 Å². The van der Waals surface area contributed by atoms with Crippen LogP contribution in [0.4, 0.5) is 0 Å². The summed E-state index contributed by atoms with van der Waals surface area (Å²) in [4.78, 5) is 16.3. The van der Waals surface area contributed by atoms with Crippen LogP contribution >= 0.6 is 11.8 Å². The number of carbonyl (C=O) groups excluding carboxylic acids is 1. The first kappa shape index (κ1) is 16.4. The highest BCUT2D eigenvalue weighted by molar-refractivity contribution is 7.99. The smallest absolute Gasteiger partial charge is 0.256 e. The molecular weight excluding hydrogens is 322 g/mol. The summed E-state index contributed by atoms with van der Waals surface area (Å²) < 4.78 is 1.87. The average Bonchev–Trinajstić information content (AvgIpc) is 2.97. The second-order valence-electron chi connectivity index (χ2n) is 5.53. The Morgan fingerprint density at radius 2 is 2.00 bits per heavy atom. The minimum Gasteiger partial charge on any atom is -0.355 e. The summed E-state index contributed by atoms with van der Waals surface area (Å²) in [7, 11) is 0. The first-order valence-electron chi connectivity index (χ1n) is 7.76. The van der Waals surface area contributed by atoms with Gasteiger partial charge in [-0.2, -0.15) is 0 Å². The van der Waals surface area contributed by atoms with Gasteiger partial charge in [-0.05, 0) is 31.9 Å². The van der Waals surface area contributed by atoms with Crippen LogP contribution in [-0.2, 0) is 11.2 Å². The molecule has 2 heterocycles. The molecule has 0 radical (unpaired) electrons. The molecule has 0 aliphatic heterocycles. The molecule has 124 valence electrons. The summed E-state index contributed by atoms with van der Waals surface area (Å²) >= 11 is 1.37. The fourth-order valence-electron chi connectivity index (χ4n) is 2.47. The van der Waals surface area contributed by atoms with Gasteiger partial charge in [-0.1, -0.05) is 42.1 Å². The molecule has 24 heavy (non-hydrogen) atoms. The molecule has 1 aromatic carbocycles. The van der Waals surface area contributed by atoms with Gasteiger partial charge in [0.2, 0.25) is 5.91 Å². The number of nitrogens with one attached hydrogen (secondary N) is 1. The zero-order valence-electron chi connectivity index (χ0n) is 13.7. The molecule has 3 rings (SSSR count). The Kier molecular flexibility index (Phi) is 5.10. The molecule has 3 aromatic rings. The number of aryl methyl sites for hydroxylation is 2. The summed E-state index contributed by atoms with van der Waals surface area (Å²) in [6.07, 6.45) is 0.827. The van der Waals surface area contributed by atoms with E-state index < -0.39 is 0 Å². The van der Waals surface area contributed by atoms with Crippen molar-refractivity contribution in [2.45, 2.75) is 25.4 Å². The molecule has 0 unspecified atom stereocenters. The minimum absolute atomic E-state index is 0.00888. The number of hydrogen-bond donors (Lipinski definition) is 1. The van der Waals surface area contributed by atoms with Gasteiger partial charge in [-0.3, -0.25) is 9.20 Å². The monoisotopic (exact) mass is 341 g/mol. The van der Waals surface area contributed by atoms with E-state index in [9.17, 15) is 4.79 Å². The van der Waals surface area contributed by atoms with Crippen molar-refractivity contribution in [3.8, 4) is 0 Å². The number of rotatable bonds is 6. The molecule has 0 aliphatic rings. The molecule has 1 amide bonds. The van der Waals surface area contributed by atoms with E-state index in [1.165, 1.54) is 17.3 Å². The van der Waals surface area contributed by atoms with E-state index in [-0.39, 0.29) is 5.91 Å². The lowest BCUT2D eigenvalue weighted by Gasteiger charge is -2.06. The molecule has 7 heteroatoms. The molecule has 0 spiro atoms. The highest BCUT2D eigenvalue weighted by Crippen LogP contribution is 2.18. The zero-order chi connectivity index (χ0) is 16.9. The molecule has 0 bridgehead atoms. The summed E-state index contributed by atoms with van der Waals surface area (Å²) in [5.41, 5.74) is 3.13. The van der Waals surface area contributed by atoms with Gasteiger partial charge in [0, 0.05) is 17.9 Å². The Balaban J connectivity index is 1.53. The van der Waals surface area contributed by atoms with Crippen LogP contribution in [0.15, 0.2) is 41.6 Å². The van der Waals surface area contributed by atoms with E-state index in [2.05, 4.69) is 32.6 Å². The van der Waals surface area contributed by atoms with Crippen molar-refractivity contribution in [2.24, 2.45) is 0 Å². The number of fused-ring (bicyclic) bond motifs is 1. The predicted octanol–water partition coefficient (Wildman–Crippen LogP) is 2.19. The molecule has 1 N–H and O–H groups in total. The van der Waals surface area contributed by atoms with Gasteiger partial charge in [0.05, 0.1) is 5.75 Å². The van der Waals surface area contributed by atoms with Gasteiger partial charge in [-0.25, -0.2) is 4.98 Å². The number of amides is 1. The summed E-state index contributed by atoms with van der Waals surface area (Å²) in [5, 5.41) is 11.8. The van der Waals surface area contributed by atoms with Gasteiger partial charge < -0.3 is 5.32 Å². The van der Waals surface area contributed by atoms with E-state index in [1.54, 1.807) is 0 Å². The molecule has 0 saturated carbocycles. The second-order valence-corrected chi connectivity index (χ2v) is 6.47. The van der Waals surface area contributed by atoms with E-state index >= 15 is 0 Å². The fourth-order valence-corrected chi connectivity index (χ4v) is 3.28. The first-order chi connectivity index (χ1) is 11.6. The van der Waals surface area contributed by atoms with Crippen molar-refractivity contribution in [2.75, 3.05) is 12.3 Å². The van der Waals surface area contributed by atoms with Gasteiger partial charge >= 0.3 is 0 Å². The van der Waals surface area contributed by atoms with E-state index in [0.29, 0.717) is 23.2 Å². The number of nitrogens with zero attached hydrogens (tertiary/aromatic N) is 4. The molecule has 0 fully saturated rings. The lowest BCUT2D eigenvalue weighted by Crippen LogP contribution is -2.27. The maximum absolute atomic E-state index is 12.0. The Morgan fingerprint density at radius 3 is 2.79 bits per heavy atom. The quantitative estimate of drug-likeness (QED) is 0.696. The SMILES string of the molecule is Cc1cc(C)n2c(SCC(=O)NCCc3ccccc3)nnc2n1. The van der Waals surface area contributed by atoms with Crippen molar-refractivity contribution in [3.05, 3.63) is 53.3 Å². The van der Waals surface area contributed by atoms with Crippen LogP contribution in [0.2, 0.25) is 0 Å². The lowest BCUT2D eigenvalue weighted by atomic mass is 10.1. The van der Waals surface area contributed by atoms with Crippen LogP contribution in [0.3, 0.4) is 0 Å². The Labute approximate surface area is 144 Å². The molecule has 0 atom stereocenters. The fraction of sp³-hybridized carbons (Fsp3) is 0.294. The predicted molar refractivity (Wildman–Crippen MR) is 94.1 cm³/mol. The topological polar surface area (TPSA) is 72.2 Å². The van der Waals surface area contributed by atoms with Gasteiger partial charge in [-0.15, -0.1) is 10.2 Å². The summed E-state index contributed by atoms with van der Waals surface area (Å²) in [5.74, 6) is 0.869. The summed E-state index contributed by atoms with van der Waals surface area (Å²) in [6, 6.07) is 12.1. The Hall–Kier alpha value is -2.41. The van der Waals surface area contributed by atoms with Crippen LogP contribution < -0.4 is 5.32 Å². The Bertz CT molecular complexity index is 847. The minimum atomic E-state index is -0.00888. The van der Waals surface area contributed by atoms with Gasteiger partial charge in [0.1, 0.15) is 0 Å². The standard InChI is InChI=1S/C17H19N5OS/c1-12-10-13(2)22-16(19-12)20-21-17(22)24-11-15(23)18-9-8-14-6-4-3-5-7-14/h3-7,10H,8-9,11H2,1-2H3,(H,18,23). The van der Waals surface area contributed by atoms with Crippen LogP contribution in [0.5, 0.6) is 0 Å². The van der Waals surface area contributed by atoms with Crippen LogP contribution in [0.25, 0.3) is 5.78 Å². The van der Waals surface area contributed by atoms with Gasteiger partial charge in [0.15, 0.2) is 5.16 Å². The number of aromatic nitrogens is 4. The largest absolute Gasteiger partial charge is 0.355 e. The number of benzene rings is 1. The van der Waals surface area contributed by atoms with Crippen LogP contribution in [0.1, 0.15) is 17.0 Å². The van der Waals surface area contributed by atoms with Gasteiger partial charge in [0.25, 0.3) is 5.78 Å². The zero-order valence-corrected chi connectivity index (χ0v) is 14.5. The van der Waals surface area contributed by atoms with Crippen LogP contribution in [-0.4, -0.2) is 37.8 Å². The third kappa shape index (κ3) is 3.91. The number of thioether (sulfide) groups is 1. The maximum atomic E-state index is 12.0.